The van der Waals surface area contributed by atoms with Crippen molar-refractivity contribution in [3.05, 3.63) is 47.5 Å². The van der Waals surface area contributed by atoms with Crippen molar-refractivity contribution in [3.63, 3.8) is 0 Å². The molecule has 0 radical (unpaired) electrons. The van der Waals surface area contributed by atoms with Crippen LogP contribution in [0.1, 0.15) is 32.3 Å². The molecule has 1 aromatic carbocycles. The van der Waals surface area contributed by atoms with E-state index < -0.39 is 0 Å². The molecule has 3 heteroatoms. The molecule has 1 aliphatic rings. The SMILES string of the molecule is CC(C)(CC[C@H]1C=C(N)NC1)c1ccc(F)cc1. The second kappa shape index (κ2) is 5.01. The van der Waals surface area contributed by atoms with E-state index in [0.717, 1.165) is 25.2 Å². The summed E-state index contributed by atoms with van der Waals surface area (Å²) in [5.74, 6) is 1.13. The maximum Gasteiger partial charge on any atom is 0.123 e. The summed E-state index contributed by atoms with van der Waals surface area (Å²) in [5.41, 5.74) is 6.96. The largest absolute Gasteiger partial charge is 0.386 e. The van der Waals surface area contributed by atoms with E-state index >= 15 is 0 Å². The predicted octanol–water partition coefficient (Wildman–Crippen LogP) is 2.90. The van der Waals surface area contributed by atoms with Crippen LogP contribution in [0.2, 0.25) is 0 Å². The molecule has 98 valence electrons. The maximum atomic E-state index is 12.9. The molecule has 0 spiro atoms. The van der Waals surface area contributed by atoms with Gasteiger partial charge in [-0.25, -0.2) is 4.39 Å². The van der Waals surface area contributed by atoms with Crippen LogP contribution in [-0.2, 0) is 5.41 Å². The highest BCUT2D eigenvalue weighted by Crippen LogP contribution is 2.30. The van der Waals surface area contributed by atoms with Crippen molar-refractivity contribution in [2.45, 2.75) is 32.1 Å². The van der Waals surface area contributed by atoms with E-state index in [0.29, 0.717) is 5.92 Å². The van der Waals surface area contributed by atoms with E-state index in [2.05, 4.69) is 25.2 Å². The van der Waals surface area contributed by atoms with E-state index in [1.165, 1.54) is 17.7 Å². The molecule has 0 amide bonds. The van der Waals surface area contributed by atoms with Gasteiger partial charge in [0.25, 0.3) is 0 Å². The van der Waals surface area contributed by atoms with Gasteiger partial charge in [0.05, 0.1) is 5.82 Å². The summed E-state index contributed by atoms with van der Waals surface area (Å²) in [4.78, 5) is 0. The first kappa shape index (κ1) is 12.9. The molecule has 1 aromatic rings. The molecule has 0 aliphatic carbocycles. The summed E-state index contributed by atoms with van der Waals surface area (Å²) in [6, 6.07) is 6.83. The van der Waals surface area contributed by atoms with Crippen molar-refractivity contribution >= 4 is 0 Å². The Morgan fingerprint density at radius 3 is 2.56 bits per heavy atom. The lowest BCUT2D eigenvalue weighted by Gasteiger charge is -2.26. The lowest BCUT2D eigenvalue weighted by atomic mass is 9.79. The van der Waals surface area contributed by atoms with Crippen LogP contribution in [0, 0.1) is 11.7 Å². The number of hydrogen-bond acceptors (Lipinski definition) is 2. The van der Waals surface area contributed by atoms with Crippen LogP contribution in [0.4, 0.5) is 4.39 Å². The summed E-state index contributed by atoms with van der Waals surface area (Å²) in [6.07, 6.45) is 4.26. The third kappa shape index (κ3) is 3.03. The molecular formula is C15H21FN2. The highest BCUT2D eigenvalue weighted by Gasteiger charge is 2.23. The summed E-state index contributed by atoms with van der Waals surface area (Å²) in [6.45, 7) is 5.34. The number of benzene rings is 1. The van der Waals surface area contributed by atoms with Gasteiger partial charge in [-0.1, -0.05) is 26.0 Å². The van der Waals surface area contributed by atoms with Crippen molar-refractivity contribution in [1.82, 2.24) is 5.32 Å². The first-order valence-corrected chi connectivity index (χ1v) is 6.44. The van der Waals surface area contributed by atoms with Crippen LogP contribution in [0.5, 0.6) is 0 Å². The van der Waals surface area contributed by atoms with Gasteiger partial charge >= 0.3 is 0 Å². The average Bonchev–Trinajstić information content (AvgIpc) is 2.73. The Hall–Kier alpha value is -1.51. The predicted molar refractivity (Wildman–Crippen MR) is 72.4 cm³/mol. The molecule has 18 heavy (non-hydrogen) atoms. The minimum absolute atomic E-state index is 0.0683. The van der Waals surface area contributed by atoms with Crippen molar-refractivity contribution < 1.29 is 4.39 Å². The zero-order chi connectivity index (χ0) is 13.2. The molecule has 0 aromatic heterocycles. The molecule has 0 unspecified atom stereocenters. The van der Waals surface area contributed by atoms with Crippen LogP contribution in [0.3, 0.4) is 0 Å². The van der Waals surface area contributed by atoms with Gasteiger partial charge in [-0.2, -0.15) is 0 Å². The quantitative estimate of drug-likeness (QED) is 0.860. The smallest absolute Gasteiger partial charge is 0.123 e. The van der Waals surface area contributed by atoms with Gasteiger partial charge in [-0.05, 0) is 47.9 Å². The number of rotatable bonds is 4. The monoisotopic (exact) mass is 248 g/mol. The van der Waals surface area contributed by atoms with Crippen LogP contribution < -0.4 is 11.1 Å². The fraction of sp³-hybridized carbons (Fsp3) is 0.467. The minimum atomic E-state index is -0.176. The van der Waals surface area contributed by atoms with E-state index in [4.69, 9.17) is 5.73 Å². The van der Waals surface area contributed by atoms with Gasteiger partial charge in [0, 0.05) is 6.54 Å². The van der Waals surface area contributed by atoms with Gasteiger partial charge in [0.15, 0.2) is 0 Å². The second-order valence-corrected chi connectivity index (χ2v) is 5.69. The summed E-state index contributed by atoms with van der Waals surface area (Å²) >= 11 is 0. The first-order chi connectivity index (χ1) is 8.47. The van der Waals surface area contributed by atoms with Crippen molar-refractivity contribution in [2.75, 3.05) is 6.54 Å². The Morgan fingerprint density at radius 2 is 2.00 bits per heavy atom. The molecule has 1 aliphatic heterocycles. The van der Waals surface area contributed by atoms with E-state index in [1.54, 1.807) is 0 Å². The van der Waals surface area contributed by atoms with Crippen molar-refractivity contribution in [1.29, 1.82) is 0 Å². The highest BCUT2D eigenvalue weighted by atomic mass is 19.1. The van der Waals surface area contributed by atoms with Crippen LogP contribution in [-0.4, -0.2) is 6.54 Å². The third-order valence-electron chi connectivity index (χ3n) is 3.75. The number of nitrogens with two attached hydrogens (primary N) is 1. The molecule has 0 saturated heterocycles. The summed E-state index contributed by atoms with van der Waals surface area (Å²) in [5, 5.41) is 3.14. The van der Waals surface area contributed by atoms with Gasteiger partial charge < -0.3 is 11.1 Å². The summed E-state index contributed by atoms with van der Waals surface area (Å²) < 4.78 is 12.9. The normalized spacial score (nSPS) is 19.5. The van der Waals surface area contributed by atoms with E-state index in [9.17, 15) is 4.39 Å². The van der Waals surface area contributed by atoms with Crippen LogP contribution in [0.15, 0.2) is 36.2 Å². The van der Waals surface area contributed by atoms with Crippen LogP contribution >= 0.6 is 0 Å². The number of halogens is 1. The second-order valence-electron chi connectivity index (χ2n) is 5.69. The molecule has 1 atom stereocenters. The molecule has 3 N–H and O–H groups in total. The Kier molecular flexibility index (Phi) is 3.60. The van der Waals surface area contributed by atoms with Gasteiger partial charge in [-0.15, -0.1) is 0 Å². The highest BCUT2D eigenvalue weighted by molar-refractivity contribution is 5.24. The third-order valence-corrected chi connectivity index (χ3v) is 3.75. The molecular weight excluding hydrogens is 227 g/mol. The first-order valence-electron chi connectivity index (χ1n) is 6.44. The maximum absolute atomic E-state index is 12.9. The Labute approximate surface area is 108 Å². The van der Waals surface area contributed by atoms with Crippen molar-refractivity contribution in [2.24, 2.45) is 11.7 Å². The molecule has 2 rings (SSSR count). The number of hydrogen-bond donors (Lipinski definition) is 2. The molecule has 2 nitrogen and oxygen atoms in total. The lowest BCUT2D eigenvalue weighted by Crippen LogP contribution is -2.20. The van der Waals surface area contributed by atoms with Gasteiger partial charge in [0.1, 0.15) is 5.82 Å². The topological polar surface area (TPSA) is 38.0 Å². The average molecular weight is 248 g/mol. The summed E-state index contributed by atoms with van der Waals surface area (Å²) in [7, 11) is 0. The lowest BCUT2D eigenvalue weighted by molar-refractivity contribution is 0.422. The fourth-order valence-corrected chi connectivity index (χ4v) is 2.40. The Morgan fingerprint density at radius 1 is 1.33 bits per heavy atom. The molecule has 0 bridgehead atoms. The van der Waals surface area contributed by atoms with Gasteiger partial charge in [-0.3, -0.25) is 0 Å². The fourth-order valence-electron chi connectivity index (χ4n) is 2.40. The van der Waals surface area contributed by atoms with E-state index in [1.807, 2.05) is 12.1 Å². The number of nitrogens with one attached hydrogen (secondary N) is 1. The van der Waals surface area contributed by atoms with Crippen molar-refractivity contribution in [3.8, 4) is 0 Å². The molecule has 1 heterocycles. The zero-order valence-electron chi connectivity index (χ0n) is 11.0. The minimum Gasteiger partial charge on any atom is -0.386 e. The Bertz CT molecular complexity index is 434. The van der Waals surface area contributed by atoms with Gasteiger partial charge in [0.2, 0.25) is 0 Å². The van der Waals surface area contributed by atoms with E-state index in [-0.39, 0.29) is 11.2 Å². The van der Waals surface area contributed by atoms with Crippen LogP contribution in [0.25, 0.3) is 0 Å². The Balaban J connectivity index is 1.96. The molecule has 0 saturated carbocycles. The molecule has 0 fully saturated rings. The standard InChI is InChI=1S/C15H21FN2/c1-15(2,12-3-5-13(16)6-4-12)8-7-11-9-14(17)18-10-11/h3-6,9,11,18H,7-8,10,17H2,1-2H3/t11-/m0/s1. The zero-order valence-corrected chi connectivity index (χ0v) is 11.0.